The lowest BCUT2D eigenvalue weighted by Gasteiger charge is -2.33. The van der Waals surface area contributed by atoms with Gasteiger partial charge in [0.25, 0.3) is 5.91 Å². The average molecular weight is 398 g/mol. The van der Waals surface area contributed by atoms with E-state index in [9.17, 15) is 14.4 Å². The highest BCUT2D eigenvalue weighted by molar-refractivity contribution is 6.39. The number of para-hydroxylation sites is 1. The Morgan fingerprint density at radius 1 is 1.21 bits per heavy atom. The quantitative estimate of drug-likeness (QED) is 0.752. The van der Waals surface area contributed by atoms with E-state index >= 15 is 0 Å². The van der Waals surface area contributed by atoms with Crippen LogP contribution in [-0.4, -0.2) is 54.1 Å². The van der Waals surface area contributed by atoms with Crippen LogP contribution in [0.2, 0.25) is 0 Å². The molecule has 3 aliphatic rings. The minimum absolute atomic E-state index is 0.103. The minimum Gasteiger partial charge on any atom is -0.493 e. The molecular formula is C21H26N4O4. The van der Waals surface area contributed by atoms with Gasteiger partial charge in [0.15, 0.2) is 0 Å². The smallest absolute Gasteiger partial charge is 0.267 e. The summed E-state index contributed by atoms with van der Waals surface area (Å²) in [5.74, 6) is 0.542. The van der Waals surface area contributed by atoms with Gasteiger partial charge in [0.05, 0.1) is 13.0 Å². The molecule has 0 radical (unpaired) electrons. The van der Waals surface area contributed by atoms with Crippen molar-refractivity contribution in [3.63, 3.8) is 0 Å². The molecule has 154 valence electrons. The Hall–Kier alpha value is -2.90. The number of hydrazone groups is 1. The number of ether oxygens (including phenoxy) is 1. The van der Waals surface area contributed by atoms with E-state index in [4.69, 9.17) is 4.74 Å². The molecule has 1 spiro atoms. The number of nitrogens with zero attached hydrogens (tertiary/aromatic N) is 2. The van der Waals surface area contributed by atoms with Crippen molar-refractivity contribution in [2.75, 3.05) is 19.7 Å². The molecule has 1 aromatic rings. The van der Waals surface area contributed by atoms with Gasteiger partial charge >= 0.3 is 0 Å². The second-order valence-corrected chi connectivity index (χ2v) is 7.98. The summed E-state index contributed by atoms with van der Waals surface area (Å²) in [5, 5.41) is 6.90. The van der Waals surface area contributed by atoms with Crippen molar-refractivity contribution in [1.82, 2.24) is 15.6 Å². The summed E-state index contributed by atoms with van der Waals surface area (Å²) in [6.45, 7) is 1.81. The monoisotopic (exact) mass is 398 g/mol. The van der Waals surface area contributed by atoms with Gasteiger partial charge in [-0.1, -0.05) is 18.2 Å². The second-order valence-electron chi connectivity index (χ2n) is 7.98. The van der Waals surface area contributed by atoms with Crippen LogP contribution in [0.4, 0.5) is 0 Å². The summed E-state index contributed by atoms with van der Waals surface area (Å²) in [4.78, 5) is 37.8. The van der Waals surface area contributed by atoms with Crippen molar-refractivity contribution in [3.8, 4) is 5.75 Å². The van der Waals surface area contributed by atoms with E-state index in [1.165, 1.54) is 0 Å². The van der Waals surface area contributed by atoms with Crippen LogP contribution in [0.15, 0.2) is 35.4 Å². The van der Waals surface area contributed by atoms with Gasteiger partial charge in [-0.2, -0.15) is 5.10 Å². The van der Waals surface area contributed by atoms with Gasteiger partial charge in [-0.15, -0.1) is 0 Å². The molecule has 1 saturated carbocycles. The lowest BCUT2D eigenvalue weighted by Crippen LogP contribution is -2.43. The van der Waals surface area contributed by atoms with E-state index in [1.54, 1.807) is 0 Å². The van der Waals surface area contributed by atoms with Crippen LogP contribution in [0.5, 0.6) is 5.75 Å². The predicted molar refractivity (Wildman–Crippen MR) is 106 cm³/mol. The van der Waals surface area contributed by atoms with Gasteiger partial charge in [-0.05, 0) is 36.8 Å². The van der Waals surface area contributed by atoms with Crippen molar-refractivity contribution >= 4 is 23.4 Å². The molecule has 2 heterocycles. The number of benzene rings is 1. The van der Waals surface area contributed by atoms with Gasteiger partial charge in [-0.3, -0.25) is 14.4 Å². The van der Waals surface area contributed by atoms with Gasteiger partial charge in [0.1, 0.15) is 11.5 Å². The fourth-order valence-electron chi connectivity index (χ4n) is 4.12. The number of hydrogen-bond acceptors (Lipinski definition) is 5. The first-order valence-electron chi connectivity index (χ1n) is 10.2. The molecule has 8 nitrogen and oxygen atoms in total. The molecule has 1 aromatic carbocycles. The summed E-state index contributed by atoms with van der Waals surface area (Å²) >= 11 is 0. The molecule has 2 N–H and O–H groups in total. The summed E-state index contributed by atoms with van der Waals surface area (Å²) in [7, 11) is 0. The van der Waals surface area contributed by atoms with Crippen LogP contribution < -0.4 is 15.5 Å². The fourth-order valence-corrected chi connectivity index (χ4v) is 4.12. The number of carbonyl (C=O) groups is 3. The highest BCUT2D eigenvalue weighted by Crippen LogP contribution is 2.53. The summed E-state index contributed by atoms with van der Waals surface area (Å²) < 4.78 is 5.61. The minimum atomic E-state index is -0.191. The highest BCUT2D eigenvalue weighted by Gasteiger charge is 2.56. The number of carbonyl (C=O) groups excluding carboxylic acids is 3. The maximum Gasteiger partial charge on any atom is 0.267 e. The Balaban J connectivity index is 1.18. The summed E-state index contributed by atoms with van der Waals surface area (Å²) in [6, 6.07) is 9.63. The summed E-state index contributed by atoms with van der Waals surface area (Å²) in [6.07, 6.45) is 3.78. The Bertz CT molecular complexity index is 815. The molecule has 2 aliphatic heterocycles. The van der Waals surface area contributed by atoms with Crippen LogP contribution >= 0.6 is 0 Å². The van der Waals surface area contributed by atoms with E-state index in [0.29, 0.717) is 44.7 Å². The van der Waals surface area contributed by atoms with E-state index in [-0.39, 0.29) is 29.2 Å². The second kappa shape index (κ2) is 8.23. The topological polar surface area (TPSA) is 100 Å². The third-order valence-electron chi connectivity index (χ3n) is 6.10. The maximum atomic E-state index is 12.4. The zero-order valence-corrected chi connectivity index (χ0v) is 16.4. The molecule has 2 fully saturated rings. The highest BCUT2D eigenvalue weighted by atomic mass is 16.5. The van der Waals surface area contributed by atoms with Crippen molar-refractivity contribution in [1.29, 1.82) is 0 Å². The Kier molecular flexibility index (Phi) is 5.51. The normalized spacial score (nSPS) is 22.5. The molecule has 8 heteroatoms. The number of nitrogens with one attached hydrogen (secondary N) is 2. The van der Waals surface area contributed by atoms with Crippen LogP contribution in [0.3, 0.4) is 0 Å². The lowest BCUT2D eigenvalue weighted by molar-refractivity contribution is -0.133. The van der Waals surface area contributed by atoms with Crippen molar-refractivity contribution in [2.24, 2.45) is 10.5 Å². The third-order valence-corrected chi connectivity index (χ3v) is 6.10. The predicted octanol–water partition coefficient (Wildman–Crippen LogP) is 1.22. The van der Waals surface area contributed by atoms with E-state index in [2.05, 4.69) is 15.8 Å². The van der Waals surface area contributed by atoms with Gasteiger partial charge in [0.2, 0.25) is 11.8 Å². The first kappa shape index (κ1) is 19.4. The largest absolute Gasteiger partial charge is 0.493 e. The van der Waals surface area contributed by atoms with Crippen LogP contribution in [0.25, 0.3) is 0 Å². The third kappa shape index (κ3) is 4.58. The number of piperidine rings is 1. The molecule has 4 rings (SSSR count). The van der Waals surface area contributed by atoms with Gasteiger partial charge in [0, 0.05) is 32.0 Å². The van der Waals surface area contributed by atoms with Crippen LogP contribution in [0, 0.1) is 5.41 Å². The Labute approximate surface area is 169 Å². The molecule has 1 aliphatic carbocycles. The van der Waals surface area contributed by atoms with Crippen molar-refractivity contribution in [2.45, 2.75) is 44.6 Å². The molecular weight excluding hydrogens is 372 g/mol. The number of rotatable bonds is 6. The zero-order valence-electron chi connectivity index (χ0n) is 16.4. The molecule has 0 aromatic heterocycles. The number of likely N-dealkylation sites (tertiary alicyclic amines) is 1. The Morgan fingerprint density at radius 2 is 1.97 bits per heavy atom. The Morgan fingerprint density at radius 3 is 2.66 bits per heavy atom. The summed E-state index contributed by atoms with van der Waals surface area (Å²) in [5.41, 5.74) is 2.85. The molecule has 29 heavy (non-hydrogen) atoms. The molecule has 1 unspecified atom stereocenters. The van der Waals surface area contributed by atoms with Crippen molar-refractivity contribution < 1.29 is 19.1 Å². The van der Waals surface area contributed by atoms with Crippen molar-refractivity contribution in [3.05, 3.63) is 30.3 Å². The van der Waals surface area contributed by atoms with Gasteiger partial charge < -0.3 is 15.0 Å². The molecule has 0 bridgehead atoms. The molecule has 3 amide bonds. The fraction of sp³-hybridized carbons (Fsp3) is 0.524. The molecule has 1 saturated heterocycles. The number of amides is 3. The van der Waals surface area contributed by atoms with E-state index in [0.717, 1.165) is 25.0 Å². The first-order chi connectivity index (χ1) is 14.1. The lowest BCUT2D eigenvalue weighted by atomic mass is 9.92. The number of hydrogen-bond donors (Lipinski definition) is 2. The maximum absolute atomic E-state index is 12.4. The van der Waals surface area contributed by atoms with Crippen LogP contribution in [-0.2, 0) is 14.4 Å². The molecule has 1 atom stereocenters. The van der Waals surface area contributed by atoms with E-state index in [1.807, 2.05) is 35.2 Å². The van der Waals surface area contributed by atoms with E-state index < -0.39 is 0 Å². The first-order valence-corrected chi connectivity index (χ1v) is 10.2. The zero-order chi connectivity index (χ0) is 20.3. The van der Waals surface area contributed by atoms with Crippen LogP contribution in [0.1, 0.15) is 38.5 Å². The van der Waals surface area contributed by atoms with Gasteiger partial charge in [-0.25, -0.2) is 5.43 Å². The standard InChI is InChI=1S/C21H26N4O4/c26-18-7-6-16(23-24-18)20(28)22-17-14-21(17)9-11-25(12-10-21)19(27)8-13-29-15-4-2-1-3-5-15/h1-5,17H,6-14H2,(H,22,28)(H,24,26). The average Bonchev–Trinajstić information content (AvgIpc) is 3.40. The SMILES string of the molecule is O=C1CCC(C(=O)NC2CC23CCN(C(=O)CCOc2ccccc2)CC3)=NN1.